The lowest BCUT2D eigenvalue weighted by atomic mass is 9.76. The van der Waals surface area contributed by atoms with Gasteiger partial charge in [-0.25, -0.2) is 14.2 Å². The highest BCUT2D eigenvalue weighted by Crippen LogP contribution is 2.42. The number of anilines is 1. The summed E-state index contributed by atoms with van der Waals surface area (Å²) in [7, 11) is 0. The van der Waals surface area contributed by atoms with E-state index in [-0.39, 0.29) is 34.8 Å². The van der Waals surface area contributed by atoms with Crippen LogP contribution in [0, 0.1) is 30.5 Å². The molecule has 8 heteroatoms. The van der Waals surface area contributed by atoms with Crippen molar-refractivity contribution in [1.82, 2.24) is 4.98 Å². The van der Waals surface area contributed by atoms with E-state index in [4.69, 9.17) is 9.72 Å². The van der Waals surface area contributed by atoms with E-state index in [2.05, 4.69) is 6.92 Å². The molecule has 3 aromatic carbocycles. The number of Topliss-reactive ketones (excluding diaryl/α,β-unsaturated/α-hetero) is 1. The summed E-state index contributed by atoms with van der Waals surface area (Å²) in [5.74, 6) is -1.95. The number of benzene rings is 3. The summed E-state index contributed by atoms with van der Waals surface area (Å²) in [5, 5.41) is 0.583. The summed E-state index contributed by atoms with van der Waals surface area (Å²) in [4.78, 5) is 58.1. The highest BCUT2D eigenvalue weighted by molar-refractivity contribution is 6.22. The van der Waals surface area contributed by atoms with Crippen molar-refractivity contribution >= 4 is 40.2 Å². The summed E-state index contributed by atoms with van der Waals surface area (Å²) in [6.07, 6.45) is 2.42. The minimum absolute atomic E-state index is 0.135. The van der Waals surface area contributed by atoms with Crippen LogP contribution in [0.2, 0.25) is 0 Å². The lowest BCUT2D eigenvalue weighted by molar-refractivity contribution is -0.122. The van der Waals surface area contributed by atoms with Crippen LogP contribution >= 0.6 is 0 Å². The summed E-state index contributed by atoms with van der Waals surface area (Å²) in [5.41, 5.74) is 3.68. The van der Waals surface area contributed by atoms with Gasteiger partial charge < -0.3 is 4.74 Å². The Morgan fingerprint density at radius 1 is 0.929 bits per heavy atom. The first kappa shape index (κ1) is 27.4. The number of amides is 2. The van der Waals surface area contributed by atoms with Gasteiger partial charge in [-0.05, 0) is 86.7 Å². The summed E-state index contributed by atoms with van der Waals surface area (Å²) < 4.78 is 18.6. The molecule has 212 valence electrons. The maximum atomic E-state index is 13.2. The first-order chi connectivity index (χ1) is 20.2. The Morgan fingerprint density at radius 3 is 2.38 bits per heavy atom. The largest absolute Gasteiger partial charge is 0.454 e. The molecule has 2 heterocycles. The number of ketones is 1. The Kier molecular flexibility index (Phi) is 7.14. The SMILES string of the molecule is Cc1ccc2nc(-c3ccc(N4C(=O)C5CCC(C)CC5C4=O)cc3)cc(C(=O)OCC(=O)c3ccc(F)cc3)c2c1. The number of aryl methyl sites for hydroxylation is 1. The third-order valence-electron chi connectivity index (χ3n) is 8.29. The number of esters is 1. The van der Waals surface area contributed by atoms with Crippen molar-refractivity contribution in [3.8, 4) is 11.3 Å². The molecule has 0 bridgehead atoms. The molecular weight excluding hydrogens is 535 g/mol. The predicted molar refractivity (Wildman–Crippen MR) is 155 cm³/mol. The maximum absolute atomic E-state index is 13.2. The zero-order chi connectivity index (χ0) is 29.5. The molecule has 1 saturated carbocycles. The van der Waals surface area contributed by atoms with Crippen LogP contribution in [0.4, 0.5) is 10.1 Å². The lowest BCUT2D eigenvalue weighted by Crippen LogP contribution is -2.30. The Labute approximate surface area is 242 Å². The number of nitrogens with zero attached hydrogens (tertiary/aromatic N) is 2. The summed E-state index contributed by atoms with van der Waals surface area (Å²) in [6.45, 7) is 3.52. The molecule has 1 aromatic heterocycles. The molecule has 3 atom stereocenters. The summed E-state index contributed by atoms with van der Waals surface area (Å²) in [6, 6.07) is 19.2. The number of carbonyl (C=O) groups excluding carboxylic acids is 4. The monoisotopic (exact) mass is 564 g/mol. The average molecular weight is 565 g/mol. The van der Waals surface area contributed by atoms with Gasteiger partial charge in [-0.2, -0.15) is 0 Å². The van der Waals surface area contributed by atoms with Crippen LogP contribution in [0.3, 0.4) is 0 Å². The topological polar surface area (TPSA) is 93.6 Å². The Balaban J connectivity index is 1.27. The minimum atomic E-state index is -0.688. The van der Waals surface area contributed by atoms with Crippen molar-refractivity contribution < 1.29 is 28.3 Å². The van der Waals surface area contributed by atoms with Crippen molar-refractivity contribution in [2.75, 3.05) is 11.5 Å². The van der Waals surface area contributed by atoms with Crippen molar-refractivity contribution in [1.29, 1.82) is 0 Å². The van der Waals surface area contributed by atoms with Gasteiger partial charge in [0.05, 0.1) is 34.3 Å². The van der Waals surface area contributed by atoms with Crippen LogP contribution < -0.4 is 4.90 Å². The molecule has 0 spiro atoms. The number of fused-ring (bicyclic) bond motifs is 2. The molecule has 0 N–H and O–H groups in total. The molecule has 2 amide bonds. The van der Waals surface area contributed by atoms with Gasteiger partial charge in [-0.1, -0.05) is 30.7 Å². The van der Waals surface area contributed by atoms with Gasteiger partial charge >= 0.3 is 5.97 Å². The molecule has 1 saturated heterocycles. The number of carbonyl (C=O) groups is 4. The van der Waals surface area contributed by atoms with E-state index in [1.165, 1.54) is 29.2 Å². The van der Waals surface area contributed by atoms with Crippen LogP contribution in [0.15, 0.2) is 72.8 Å². The van der Waals surface area contributed by atoms with E-state index in [0.717, 1.165) is 24.8 Å². The zero-order valence-electron chi connectivity index (χ0n) is 23.3. The Hall–Kier alpha value is -4.72. The lowest BCUT2D eigenvalue weighted by Gasteiger charge is -2.25. The number of rotatable bonds is 6. The fraction of sp³-hybridized carbons (Fsp3) is 0.265. The minimum Gasteiger partial charge on any atom is -0.454 e. The van der Waals surface area contributed by atoms with E-state index in [1.807, 2.05) is 25.1 Å². The molecule has 4 aromatic rings. The number of hydrogen-bond donors (Lipinski definition) is 0. The smallest absolute Gasteiger partial charge is 0.339 e. The number of pyridine rings is 1. The predicted octanol–water partition coefficient (Wildman–Crippen LogP) is 6.31. The molecule has 7 nitrogen and oxygen atoms in total. The van der Waals surface area contributed by atoms with Crippen LogP contribution in [-0.2, 0) is 14.3 Å². The van der Waals surface area contributed by atoms with Crippen molar-refractivity contribution in [3.63, 3.8) is 0 Å². The number of halogens is 1. The van der Waals surface area contributed by atoms with Gasteiger partial charge in [-0.3, -0.25) is 19.3 Å². The van der Waals surface area contributed by atoms with E-state index >= 15 is 0 Å². The van der Waals surface area contributed by atoms with E-state index in [9.17, 15) is 23.6 Å². The quantitative estimate of drug-likeness (QED) is 0.155. The van der Waals surface area contributed by atoms with Gasteiger partial charge in [0.25, 0.3) is 0 Å². The average Bonchev–Trinajstić information content (AvgIpc) is 3.24. The van der Waals surface area contributed by atoms with Crippen molar-refractivity contribution in [2.45, 2.75) is 33.1 Å². The number of imide groups is 1. The van der Waals surface area contributed by atoms with Gasteiger partial charge in [0.1, 0.15) is 5.82 Å². The van der Waals surface area contributed by atoms with Gasteiger partial charge in [0.15, 0.2) is 12.4 Å². The third kappa shape index (κ3) is 5.09. The first-order valence-corrected chi connectivity index (χ1v) is 14.0. The van der Waals surface area contributed by atoms with Crippen LogP contribution in [0.1, 0.15) is 52.5 Å². The fourth-order valence-corrected chi connectivity index (χ4v) is 6.01. The maximum Gasteiger partial charge on any atom is 0.339 e. The van der Waals surface area contributed by atoms with E-state index in [1.54, 1.807) is 30.3 Å². The standard InChI is InChI=1S/C34H29FN2O5/c1-19-3-13-25-27(16-19)33(40)37(32(25)39)24-11-7-21(8-12-24)30-17-28(26-15-20(2)4-14-29(26)36-30)34(41)42-18-31(38)22-5-9-23(35)10-6-22/h4-12,14-15,17,19,25,27H,3,13,16,18H2,1-2H3. The Morgan fingerprint density at radius 2 is 1.64 bits per heavy atom. The molecule has 2 aliphatic rings. The molecule has 1 aliphatic heterocycles. The van der Waals surface area contributed by atoms with Gasteiger partial charge in [0.2, 0.25) is 11.8 Å². The fourth-order valence-electron chi connectivity index (χ4n) is 6.01. The summed E-state index contributed by atoms with van der Waals surface area (Å²) >= 11 is 0. The van der Waals surface area contributed by atoms with E-state index < -0.39 is 24.2 Å². The molecule has 2 fully saturated rings. The van der Waals surface area contributed by atoms with Crippen LogP contribution in [0.25, 0.3) is 22.2 Å². The van der Waals surface area contributed by atoms with Gasteiger partial charge in [0, 0.05) is 16.5 Å². The number of aromatic nitrogens is 1. The highest BCUT2D eigenvalue weighted by Gasteiger charge is 2.49. The number of hydrogen-bond acceptors (Lipinski definition) is 6. The molecule has 42 heavy (non-hydrogen) atoms. The zero-order valence-corrected chi connectivity index (χ0v) is 23.3. The second kappa shape index (κ2) is 10.9. The van der Waals surface area contributed by atoms with Gasteiger partial charge in [-0.15, -0.1) is 0 Å². The Bertz CT molecular complexity index is 1730. The van der Waals surface area contributed by atoms with Crippen molar-refractivity contribution in [3.05, 3.63) is 95.3 Å². The molecule has 3 unspecified atom stereocenters. The highest BCUT2D eigenvalue weighted by atomic mass is 19.1. The normalized spacial score (nSPS) is 20.1. The molecule has 0 radical (unpaired) electrons. The second-order valence-corrected chi connectivity index (χ2v) is 11.3. The molecule has 6 rings (SSSR count). The van der Waals surface area contributed by atoms with Crippen LogP contribution in [0.5, 0.6) is 0 Å². The third-order valence-corrected chi connectivity index (χ3v) is 8.29. The first-order valence-electron chi connectivity index (χ1n) is 14.0. The molecular formula is C34H29FN2O5. The second-order valence-electron chi connectivity index (χ2n) is 11.3. The van der Waals surface area contributed by atoms with Crippen LogP contribution in [-0.4, -0.2) is 35.2 Å². The molecule has 1 aliphatic carbocycles. The number of ether oxygens (including phenoxy) is 1. The van der Waals surface area contributed by atoms with Crippen molar-refractivity contribution in [2.24, 2.45) is 17.8 Å². The van der Waals surface area contributed by atoms with E-state index in [0.29, 0.717) is 33.8 Å².